The molecule has 0 aromatic rings. The highest BCUT2D eigenvalue weighted by atomic mass is 16.4. The van der Waals surface area contributed by atoms with E-state index >= 15 is 0 Å². The van der Waals surface area contributed by atoms with E-state index in [1.54, 1.807) is 0 Å². The van der Waals surface area contributed by atoms with Gasteiger partial charge < -0.3 is 10.2 Å². The molecule has 5 nitrogen and oxygen atoms in total. The molecule has 0 fully saturated rings. The smallest absolute Gasteiger partial charge is 0.329 e. The van der Waals surface area contributed by atoms with Gasteiger partial charge in [-0.3, -0.25) is 14.4 Å². The van der Waals surface area contributed by atoms with Gasteiger partial charge in [0.05, 0.1) is 0 Å². The van der Waals surface area contributed by atoms with Crippen LogP contribution in [0.25, 0.3) is 0 Å². The van der Waals surface area contributed by atoms with E-state index in [9.17, 15) is 14.4 Å². The second kappa shape index (κ2) is 3.14. The topological polar surface area (TPSA) is 91.7 Å². The molecule has 0 aliphatic carbocycles. The van der Waals surface area contributed by atoms with Gasteiger partial charge in [0, 0.05) is 0 Å². The Morgan fingerprint density at radius 3 is 1.73 bits per heavy atom. The third-order valence-corrected chi connectivity index (χ3v) is 1.43. The van der Waals surface area contributed by atoms with Gasteiger partial charge in [0.2, 0.25) is 11.7 Å². The van der Waals surface area contributed by atoms with Gasteiger partial charge in [0.1, 0.15) is 0 Å². The fourth-order valence-electron chi connectivity index (χ4n) is 0.553. The highest BCUT2D eigenvalue weighted by Gasteiger charge is 2.46. The van der Waals surface area contributed by atoms with Crippen molar-refractivity contribution in [1.82, 2.24) is 0 Å². The molecule has 0 aromatic heterocycles. The third kappa shape index (κ3) is 1.36. The number of rotatable bonds is 4. The lowest BCUT2D eigenvalue weighted by Gasteiger charge is -2.13. The summed E-state index contributed by atoms with van der Waals surface area (Å²) in [6, 6.07) is 0. The van der Waals surface area contributed by atoms with Crippen molar-refractivity contribution in [3.8, 4) is 0 Å². The zero-order valence-corrected chi connectivity index (χ0v) is 5.83. The average molecular weight is 159 g/mol. The van der Waals surface area contributed by atoms with Crippen molar-refractivity contribution in [2.75, 3.05) is 0 Å². The molecule has 0 aromatic carbocycles. The first-order valence-electron chi connectivity index (χ1n) is 2.87. The van der Waals surface area contributed by atoms with Crippen molar-refractivity contribution in [2.45, 2.75) is 13.3 Å². The van der Waals surface area contributed by atoms with E-state index < -0.39 is 17.4 Å². The quantitative estimate of drug-likeness (QED) is 0.547. The van der Waals surface area contributed by atoms with Crippen LogP contribution in [0, 0.1) is 5.41 Å². The van der Waals surface area contributed by atoms with Crippen LogP contribution in [-0.2, 0) is 14.4 Å². The van der Waals surface area contributed by atoms with E-state index in [2.05, 4.69) is 0 Å². The van der Waals surface area contributed by atoms with Crippen LogP contribution in [0.3, 0.4) is 0 Å². The molecule has 0 aliphatic rings. The van der Waals surface area contributed by atoms with Crippen molar-refractivity contribution in [3.05, 3.63) is 0 Å². The van der Waals surface area contributed by atoms with Crippen LogP contribution in [0.2, 0.25) is 0 Å². The third-order valence-electron chi connectivity index (χ3n) is 1.43. The second-order valence-electron chi connectivity index (χ2n) is 1.97. The Kier molecular flexibility index (Phi) is 2.74. The Morgan fingerprint density at radius 1 is 1.36 bits per heavy atom. The predicted octanol–water partition coefficient (Wildman–Crippen LogP) is -0.338. The van der Waals surface area contributed by atoms with Crippen LogP contribution in [0.4, 0.5) is 0 Å². The van der Waals surface area contributed by atoms with Gasteiger partial charge in [-0.25, -0.2) is 0 Å². The first-order valence-corrected chi connectivity index (χ1v) is 2.87. The van der Waals surface area contributed by atoms with E-state index in [0.29, 0.717) is 0 Å². The Labute approximate surface area is 62.6 Å². The minimum absolute atomic E-state index is 0.304. The van der Waals surface area contributed by atoms with Gasteiger partial charge in [-0.1, -0.05) is 6.92 Å². The van der Waals surface area contributed by atoms with Crippen molar-refractivity contribution in [2.24, 2.45) is 5.41 Å². The molecular formula is C6H7O5. The van der Waals surface area contributed by atoms with Crippen LogP contribution in [-0.4, -0.2) is 28.4 Å². The number of carboxylic acids is 2. The molecule has 0 atom stereocenters. The summed E-state index contributed by atoms with van der Waals surface area (Å²) in [5.41, 5.74) is -2.39. The molecule has 0 amide bonds. The van der Waals surface area contributed by atoms with Crippen molar-refractivity contribution in [3.63, 3.8) is 0 Å². The first-order chi connectivity index (χ1) is 5.01. The van der Waals surface area contributed by atoms with Crippen LogP contribution < -0.4 is 0 Å². The highest BCUT2D eigenvalue weighted by Crippen LogP contribution is 2.19. The zero-order valence-electron chi connectivity index (χ0n) is 5.83. The fourth-order valence-corrected chi connectivity index (χ4v) is 0.553. The number of carbonyl (C=O) groups is 2. The number of aliphatic carboxylic acids is 2. The lowest BCUT2D eigenvalue weighted by molar-refractivity contribution is -0.159. The molecule has 0 rings (SSSR count). The van der Waals surface area contributed by atoms with Crippen molar-refractivity contribution < 1.29 is 24.6 Å². The minimum atomic E-state index is -2.39. The van der Waals surface area contributed by atoms with E-state index in [0.717, 1.165) is 6.29 Å². The summed E-state index contributed by atoms with van der Waals surface area (Å²) in [7, 11) is 0. The molecule has 11 heavy (non-hydrogen) atoms. The van der Waals surface area contributed by atoms with Gasteiger partial charge in [0.15, 0.2) is 0 Å². The van der Waals surface area contributed by atoms with E-state index in [1.807, 2.05) is 0 Å². The number of hydrogen-bond acceptors (Lipinski definition) is 3. The molecule has 5 heteroatoms. The Hall–Kier alpha value is -1.39. The molecule has 0 bridgehead atoms. The van der Waals surface area contributed by atoms with E-state index in [-0.39, 0.29) is 6.42 Å². The minimum Gasteiger partial charge on any atom is -0.480 e. The number of carbonyl (C=O) groups excluding carboxylic acids is 1. The largest absolute Gasteiger partial charge is 0.480 e. The normalized spacial score (nSPS) is 10.6. The highest BCUT2D eigenvalue weighted by molar-refractivity contribution is 6.12. The maximum atomic E-state index is 10.3. The summed E-state index contributed by atoms with van der Waals surface area (Å²) in [4.78, 5) is 30.6. The lowest BCUT2D eigenvalue weighted by atomic mass is 9.87. The van der Waals surface area contributed by atoms with Crippen LogP contribution in [0.5, 0.6) is 0 Å². The summed E-state index contributed by atoms with van der Waals surface area (Å²) in [6.07, 6.45) is 0.711. The first kappa shape index (κ1) is 9.61. The van der Waals surface area contributed by atoms with Crippen molar-refractivity contribution in [1.29, 1.82) is 0 Å². The average Bonchev–Trinajstić information content (AvgIpc) is 1.90. The van der Waals surface area contributed by atoms with Crippen LogP contribution in [0.1, 0.15) is 13.3 Å². The monoisotopic (exact) mass is 159 g/mol. The maximum absolute atomic E-state index is 10.3. The molecule has 0 spiro atoms. The summed E-state index contributed by atoms with van der Waals surface area (Å²) in [6.45, 7) is 1.30. The second-order valence-corrected chi connectivity index (χ2v) is 1.97. The molecule has 0 heterocycles. The van der Waals surface area contributed by atoms with Crippen LogP contribution in [0.15, 0.2) is 0 Å². The Morgan fingerprint density at radius 2 is 1.73 bits per heavy atom. The van der Waals surface area contributed by atoms with Gasteiger partial charge in [-0.15, -0.1) is 0 Å². The molecule has 2 N–H and O–H groups in total. The summed E-state index contributed by atoms with van der Waals surface area (Å²) in [5, 5.41) is 16.7. The summed E-state index contributed by atoms with van der Waals surface area (Å²) >= 11 is 0. The van der Waals surface area contributed by atoms with Crippen LogP contribution >= 0.6 is 0 Å². The molecule has 0 saturated heterocycles. The lowest BCUT2D eigenvalue weighted by Crippen LogP contribution is -2.40. The van der Waals surface area contributed by atoms with E-state index in [4.69, 9.17) is 10.2 Å². The predicted molar refractivity (Wildman–Crippen MR) is 33.7 cm³/mol. The van der Waals surface area contributed by atoms with E-state index in [1.165, 1.54) is 6.92 Å². The molecule has 1 radical (unpaired) electrons. The molecule has 0 saturated carbocycles. The molecule has 0 unspecified atom stereocenters. The zero-order chi connectivity index (χ0) is 9.07. The van der Waals surface area contributed by atoms with Gasteiger partial charge in [-0.05, 0) is 6.42 Å². The SMILES string of the molecule is CCC([C]=O)(C(=O)O)C(=O)O. The fraction of sp³-hybridized carbons (Fsp3) is 0.500. The summed E-state index contributed by atoms with van der Waals surface area (Å²) in [5.74, 6) is -3.36. The number of hydrogen-bond donors (Lipinski definition) is 2. The number of carboxylic acid groups (broad SMARTS) is 2. The Bertz CT molecular complexity index is 181. The Balaban J connectivity index is 4.91. The standard InChI is InChI=1S/C6H7O5/c1-2-6(3-7,4(8)9)5(10)11/h2H2,1H3,(H,8,9)(H,10,11). The van der Waals surface area contributed by atoms with Gasteiger partial charge in [-0.2, -0.15) is 0 Å². The summed E-state index contributed by atoms with van der Waals surface area (Å²) < 4.78 is 0. The van der Waals surface area contributed by atoms with Gasteiger partial charge in [0.25, 0.3) is 0 Å². The molecular weight excluding hydrogens is 152 g/mol. The molecule has 61 valence electrons. The molecule has 0 aliphatic heterocycles. The van der Waals surface area contributed by atoms with Crippen molar-refractivity contribution >= 4 is 18.2 Å². The van der Waals surface area contributed by atoms with Gasteiger partial charge >= 0.3 is 11.9 Å². The maximum Gasteiger partial charge on any atom is 0.329 e.